The van der Waals surface area contributed by atoms with Gasteiger partial charge < -0.3 is 5.73 Å². The van der Waals surface area contributed by atoms with Crippen molar-refractivity contribution in [2.75, 3.05) is 14.1 Å². The van der Waals surface area contributed by atoms with Gasteiger partial charge in [0.05, 0.1) is 22.7 Å². The molecule has 0 saturated carbocycles. The molecule has 0 fully saturated rings. The van der Waals surface area contributed by atoms with Crippen LogP contribution in [0.2, 0.25) is 0 Å². The van der Waals surface area contributed by atoms with Gasteiger partial charge in [0.2, 0.25) is 5.91 Å². The molecule has 0 spiro atoms. The van der Waals surface area contributed by atoms with Crippen molar-refractivity contribution >= 4 is 26.8 Å². The van der Waals surface area contributed by atoms with E-state index in [9.17, 15) is 13.2 Å². The molecular formula is C19H22N4O3S. The maximum atomic E-state index is 12.9. The molecule has 1 atom stereocenters. The quantitative estimate of drug-likeness (QED) is 0.693. The molecule has 8 heteroatoms. The van der Waals surface area contributed by atoms with Crippen LogP contribution in [0.1, 0.15) is 11.1 Å². The van der Waals surface area contributed by atoms with E-state index in [-0.39, 0.29) is 4.90 Å². The molecule has 1 unspecified atom stereocenters. The fraction of sp³-hybridized carbons (Fsp3) is 0.263. The summed E-state index contributed by atoms with van der Waals surface area (Å²) in [5, 5.41) is 4.77. The SMILES string of the molecule is Cc1ccc(S(=O)(=O)n2ncc3cc(CC(C(N)=O)N(C)C)ccc32)cc1. The minimum atomic E-state index is -3.78. The van der Waals surface area contributed by atoms with E-state index in [1.807, 2.05) is 13.0 Å². The van der Waals surface area contributed by atoms with E-state index < -0.39 is 22.0 Å². The number of hydrogen-bond acceptors (Lipinski definition) is 5. The van der Waals surface area contributed by atoms with E-state index in [0.29, 0.717) is 17.3 Å². The molecule has 142 valence electrons. The first kappa shape index (κ1) is 19.1. The number of aromatic nitrogens is 2. The summed E-state index contributed by atoms with van der Waals surface area (Å²) in [6.45, 7) is 1.90. The molecule has 2 aromatic carbocycles. The third-order valence-corrected chi connectivity index (χ3v) is 6.14. The molecule has 7 nitrogen and oxygen atoms in total. The van der Waals surface area contributed by atoms with E-state index in [1.165, 1.54) is 6.20 Å². The lowest BCUT2D eigenvalue weighted by Gasteiger charge is -2.21. The molecule has 1 amide bonds. The molecule has 0 bridgehead atoms. The van der Waals surface area contributed by atoms with Gasteiger partial charge in [-0.3, -0.25) is 9.69 Å². The molecular weight excluding hydrogens is 364 g/mol. The maximum absolute atomic E-state index is 12.9. The Morgan fingerprint density at radius 3 is 2.44 bits per heavy atom. The first-order valence-corrected chi connectivity index (χ1v) is 9.89. The molecule has 3 rings (SSSR count). The summed E-state index contributed by atoms with van der Waals surface area (Å²) < 4.78 is 26.8. The second-order valence-electron chi connectivity index (χ2n) is 6.78. The highest BCUT2D eigenvalue weighted by Crippen LogP contribution is 2.22. The fourth-order valence-corrected chi connectivity index (χ4v) is 4.22. The van der Waals surface area contributed by atoms with Crippen molar-refractivity contribution in [2.24, 2.45) is 5.73 Å². The van der Waals surface area contributed by atoms with Gasteiger partial charge in [-0.05, 0) is 57.3 Å². The first-order chi connectivity index (χ1) is 12.7. The van der Waals surface area contributed by atoms with Crippen molar-refractivity contribution in [3.05, 3.63) is 59.8 Å². The van der Waals surface area contributed by atoms with Gasteiger partial charge >= 0.3 is 0 Å². The van der Waals surface area contributed by atoms with Crippen LogP contribution in [0.5, 0.6) is 0 Å². The Kier molecular flexibility index (Phi) is 5.03. The van der Waals surface area contributed by atoms with Gasteiger partial charge in [0, 0.05) is 5.39 Å². The van der Waals surface area contributed by atoms with Crippen molar-refractivity contribution in [3.63, 3.8) is 0 Å². The second kappa shape index (κ2) is 7.13. The number of primary amides is 1. The van der Waals surface area contributed by atoms with Crippen LogP contribution in [0.3, 0.4) is 0 Å². The molecule has 0 aliphatic rings. The van der Waals surface area contributed by atoms with E-state index >= 15 is 0 Å². The summed E-state index contributed by atoms with van der Waals surface area (Å²) in [6, 6.07) is 11.5. The second-order valence-corrected chi connectivity index (χ2v) is 8.55. The van der Waals surface area contributed by atoms with E-state index in [0.717, 1.165) is 15.2 Å². The van der Waals surface area contributed by atoms with Crippen molar-refractivity contribution in [3.8, 4) is 0 Å². The number of amides is 1. The predicted molar refractivity (Wildman–Crippen MR) is 104 cm³/mol. The third kappa shape index (κ3) is 3.72. The van der Waals surface area contributed by atoms with Gasteiger partial charge in [-0.15, -0.1) is 0 Å². The lowest BCUT2D eigenvalue weighted by atomic mass is 10.0. The molecule has 0 saturated heterocycles. The van der Waals surface area contributed by atoms with Gasteiger partial charge in [-0.2, -0.15) is 17.6 Å². The van der Waals surface area contributed by atoms with Gasteiger partial charge in [0.15, 0.2) is 0 Å². The van der Waals surface area contributed by atoms with Gasteiger partial charge in [-0.1, -0.05) is 23.8 Å². The molecule has 0 aliphatic carbocycles. The maximum Gasteiger partial charge on any atom is 0.283 e. The summed E-state index contributed by atoms with van der Waals surface area (Å²) >= 11 is 0. The van der Waals surface area contributed by atoms with Crippen molar-refractivity contribution in [1.82, 2.24) is 14.1 Å². The lowest BCUT2D eigenvalue weighted by Crippen LogP contribution is -2.41. The largest absolute Gasteiger partial charge is 0.368 e. The van der Waals surface area contributed by atoms with Crippen LogP contribution in [-0.2, 0) is 21.2 Å². The Morgan fingerprint density at radius 2 is 1.85 bits per heavy atom. The Morgan fingerprint density at radius 1 is 1.19 bits per heavy atom. The minimum absolute atomic E-state index is 0.184. The number of carbonyl (C=O) groups is 1. The number of likely N-dealkylation sites (N-methyl/N-ethyl adjacent to an activating group) is 1. The molecule has 1 aromatic heterocycles. The third-order valence-electron chi connectivity index (χ3n) is 4.53. The van der Waals surface area contributed by atoms with Crippen molar-refractivity contribution in [2.45, 2.75) is 24.3 Å². The highest BCUT2D eigenvalue weighted by atomic mass is 32.2. The number of carbonyl (C=O) groups excluding carboxylic acids is 1. The number of fused-ring (bicyclic) bond motifs is 1. The summed E-state index contributed by atoms with van der Waals surface area (Å²) in [6.07, 6.45) is 1.95. The highest BCUT2D eigenvalue weighted by Gasteiger charge is 2.22. The normalized spacial score (nSPS) is 13.2. The first-order valence-electron chi connectivity index (χ1n) is 8.45. The molecule has 0 aliphatic heterocycles. The number of aryl methyl sites for hydroxylation is 1. The van der Waals surface area contributed by atoms with Crippen LogP contribution in [0.15, 0.2) is 53.6 Å². The smallest absolute Gasteiger partial charge is 0.283 e. The van der Waals surface area contributed by atoms with Crippen LogP contribution in [0.25, 0.3) is 10.9 Å². The van der Waals surface area contributed by atoms with Gasteiger partial charge in [0.25, 0.3) is 10.0 Å². The number of nitrogens with zero attached hydrogens (tertiary/aromatic N) is 3. The standard InChI is InChI=1S/C19H22N4O3S/c1-13-4-7-16(8-5-13)27(25,26)23-17-9-6-14(10-15(17)12-21-23)11-18(19(20)24)22(2)3/h4-10,12,18H,11H2,1-3H3,(H2,20,24). The minimum Gasteiger partial charge on any atom is -0.368 e. The summed E-state index contributed by atoms with van der Waals surface area (Å²) in [5.41, 5.74) is 7.81. The Bertz CT molecular complexity index is 1090. The van der Waals surface area contributed by atoms with Gasteiger partial charge in [0.1, 0.15) is 0 Å². The van der Waals surface area contributed by atoms with Crippen LogP contribution in [-0.4, -0.2) is 48.5 Å². The average molecular weight is 386 g/mol. The zero-order valence-corrected chi connectivity index (χ0v) is 16.3. The van der Waals surface area contributed by atoms with Gasteiger partial charge in [-0.25, -0.2) is 0 Å². The number of benzene rings is 2. The summed E-state index contributed by atoms with van der Waals surface area (Å²) in [5.74, 6) is -0.405. The van der Waals surface area contributed by atoms with Crippen LogP contribution >= 0.6 is 0 Å². The molecule has 3 aromatic rings. The molecule has 1 heterocycles. The fourth-order valence-electron chi connectivity index (χ4n) is 2.95. The zero-order chi connectivity index (χ0) is 19.8. The zero-order valence-electron chi connectivity index (χ0n) is 15.5. The van der Waals surface area contributed by atoms with Crippen molar-refractivity contribution < 1.29 is 13.2 Å². The highest BCUT2D eigenvalue weighted by molar-refractivity contribution is 7.90. The van der Waals surface area contributed by atoms with Crippen molar-refractivity contribution in [1.29, 1.82) is 0 Å². The molecule has 2 N–H and O–H groups in total. The molecule has 27 heavy (non-hydrogen) atoms. The Hall–Kier alpha value is -2.71. The van der Waals surface area contributed by atoms with E-state index in [2.05, 4.69) is 5.10 Å². The topological polar surface area (TPSA) is 98.3 Å². The Labute approximate surface area is 158 Å². The Balaban J connectivity index is 1.98. The summed E-state index contributed by atoms with van der Waals surface area (Å²) in [7, 11) is -0.195. The van der Waals surface area contributed by atoms with Crippen LogP contribution < -0.4 is 5.73 Å². The number of rotatable bonds is 6. The van der Waals surface area contributed by atoms with Crippen LogP contribution in [0, 0.1) is 6.92 Å². The monoisotopic (exact) mass is 386 g/mol. The van der Waals surface area contributed by atoms with Crippen LogP contribution in [0.4, 0.5) is 0 Å². The number of hydrogen-bond donors (Lipinski definition) is 1. The summed E-state index contributed by atoms with van der Waals surface area (Å²) in [4.78, 5) is 13.6. The van der Waals surface area contributed by atoms with E-state index in [1.54, 1.807) is 55.4 Å². The average Bonchev–Trinajstić information content (AvgIpc) is 3.03. The lowest BCUT2D eigenvalue weighted by molar-refractivity contribution is -0.122. The van der Waals surface area contributed by atoms with E-state index in [4.69, 9.17) is 5.73 Å². The number of nitrogens with two attached hydrogens (primary N) is 1. The predicted octanol–water partition coefficient (Wildman–Crippen LogP) is 1.54. The molecule has 0 radical (unpaired) electrons.